The monoisotopic (exact) mass is 357 g/mol. The molecule has 26 heavy (non-hydrogen) atoms. The lowest BCUT2D eigenvalue weighted by atomic mass is 10.2. The van der Waals surface area contributed by atoms with Crippen LogP contribution in [0.15, 0.2) is 47.0 Å². The average molecular weight is 357 g/mol. The van der Waals surface area contributed by atoms with E-state index in [-0.39, 0.29) is 5.82 Å². The number of ether oxygens (including phenoxy) is 1. The van der Waals surface area contributed by atoms with Gasteiger partial charge in [-0.15, -0.1) is 0 Å². The molecule has 1 atom stereocenters. The first-order chi connectivity index (χ1) is 12.4. The number of carbonyl (C=O) groups excluding carboxylic acids is 3. The van der Waals surface area contributed by atoms with E-state index in [1.165, 1.54) is 19.1 Å². The van der Waals surface area contributed by atoms with E-state index < -0.39 is 30.4 Å². The van der Waals surface area contributed by atoms with Crippen LogP contribution in [0.4, 0.5) is 5.82 Å². The van der Waals surface area contributed by atoms with Gasteiger partial charge in [0.05, 0.1) is 0 Å². The van der Waals surface area contributed by atoms with E-state index in [9.17, 15) is 14.4 Å². The van der Waals surface area contributed by atoms with Gasteiger partial charge in [0.1, 0.15) is 11.8 Å². The molecule has 0 fully saturated rings. The number of amides is 2. The minimum absolute atomic E-state index is 0.232. The molecule has 2 amide bonds. The van der Waals surface area contributed by atoms with Crippen molar-refractivity contribution in [1.82, 2.24) is 10.5 Å². The summed E-state index contributed by atoms with van der Waals surface area (Å²) in [5.74, 6) is -0.957. The Morgan fingerprint density at radius 1 is 1.27 bits per heavy atom. The molecule has 0 aliphatic carbocycles. The molecule has 2 N–H and O–H groups in total. The molecule has 0 spiro atoms. The molecule has 2 aromatic rings. The number of aryl methyl sites for hydroxylation is 1. The molecule has 8 nitrogen and oxygen atoms in total. The van der Waals surface area contributed by atoms with E-state index in [1.807, 2.05) is 30.3 Å². The van der Waals surface area contributed by atoms with Crippen LogP contribution in [0.3, 0.4) is 0 Å². The van der Waals surface area contributed by atoms with Crippen LogP contribution in [-0.4, -0.2) is 35.6 Å². The topological polar surface area (TPSA) is 111 Å². The van der Waals surface area contributed by atoms with E-state index in [4.69, 9.17) is 9.26 Å². The van der Waals surface area contributed by atoms with E-state index in [0.29, 0.717) is 5.76 Å². The van der Waals surface area contributed by atoms with Gasteiger partial charge in [-0.1, -0.05) is 35.5 Å². The third-order valence-corrected chi connectivity index (χ3v) is 3.18. The van der Waals surface area contributed by atoms with Crippen LogP contribution >= 0.6 is 0 Å². The van der Waals surface area contributed by atoms with Crippen LogP contribution in [-0.2, 0) is 19.1 Å². The Morgan fingerprint density at radius 3 is 2.65 bits per heavy atom. The van der Waals surface area contributed by atoms with Crippen molar-refractivity contribution in [2.45, 2.75) is 19.9 Å². The Bertz CT molecular complexity index is 798. The van der Waals surface area contributed by atoms with Gasteiger partial charge < -0.3 is 19.9 Å². The highest BCUT2D eigenvalue weighted by Crippen LogP contribution is 2.06. The highest BCUT2D eigenvalue weighted by molar-refractivity contribution is 5.95. The molecule has 0 unspecified atom stereocenters. The first kappa shape index (κ1) is 18.9. The second-order valence-electron chi connectivity index (χ2n) is 5.45. The molecule has 8 heteroatoms. The van der Waals surface area contributed by atoms with Gasteiger partial charge in [0.25, 0.3) is 5.91 Å². The van der Waals surface area contributed by atoms with Gasteiger partial charge in [-0.25, -0.2) is 4.79 Å². The maximum absolute atomic E-state index is 11.8. The summed E-state index contributed by atoms with van der Waals surface area (Å²) in [6, 6.07) is 9.89. The third kappa shape index (κ3) is 6.23. The molecule has 1 heterocycles. The number of hydrogen-bond donors (Lipinski definition) is 2. The number of anilines is 1. The first-order valence-electron chi connectivity index (χ1n) is 7.87. The number of rotatable bonds is 7. The smallest absolute Gasteiger partial charge is 0.328 e. The van der Waals surface area contributed by atoms with Gasteiger partial charge in [-0.2, -0.15) is 0 Å². The summed E-state index contributed by atoms with van der Waals surface area (Å²) in [6.07, 6.45) is 2.94. The maximum atomic E-state index is 11.8. The Labute approximate surface area is 150 Å². The van der Waals surface area contributed by atoms with Crippen molar-refractivity contribution in [3.05, 3.63) is 53.8 Å². The SMILES string of the molecule is Cc1cc(NC(=O)COC(=O)[C@H](C)NC(=O)/C=C/c2ccccc2)no1. The number of hydrogen-bond acceptors (Lipinski definition) is 6. The van der Waals surface area contributed by atoms with E-state index in [2.05, 4.69) is 15.8 Å². The number of benzene rings is 1. The quantitative estimate of drug-likeness (QED) is 0.576. The minimum Gasteiger partial charge on any atom is -0.454 e. The van der Waals surface area contributed by atoms with Gasteiger partial charge in [0.2, 0.25) is 5.91 Å². The van der Waals surface area contributed by atoms with E-state index in [1.54, 1.807) is 13.0 Å². The van der Waals surface area contributed by atoms with Crippen molar-refractivity contribution >= 4 is 29.7 Å². The summed E-state index contributed by atoms with van der Waals surface area (Å²) in [4.78, 5) is 35.3. The number of nitrogens with one attached hydrogen (secondary N) is 2. The molecule has 0 saturated carbocycles. The number of aromatic nitrogens is 1. The molecule has 1 aromatic heterocycles. The summed E-state index contributed by atoms with van der Waals surface area (Å²) in [5.41, 5.74) is 0.859. The fourth-order valence-corrected chi connectivity index (χ4v) is 1.92. The van der Waals surface area contributed by atoms with Crippen molar-refractivity contribution in [3.8, 4) is 0 Å². The molecule has 0 saturated heterocycles. The third-order valence-electron chi connectivity index (χ3n) is 3.18. The van der Waals surface area contributed by atoms with Gasteiger partial charge in [-0.05, 0) is 25.5 Å². The standard InChI is InChI=1S/C18H19N3O5/c1-12-10-15(21-26-12)20-17(23)11-25-18(24)13(2)19-16(22)9-8-14-6-4-3-5-7-14/h3-10,13H,11H2,1-2H3,(H,19,22)(H,20,21,23)/b9-8+/t13-/m0/s1. The Kier molecular flexibility index (Phi) is 6.67. The lowest BCUT2D eigenvalue weighted by molar-refractivity contribution is -0.149. The number of nitrogens with zero attached hydrogens (tertiary/aromatic N) is 1. The number of carbonyl (C=O) groups is 3. The largest absolute Gasteiger partial charge is 0.454 e. The summed E-state index contributed by atoms with van der Waals surface area (Å²) in [7, 11) is 0. The molecule has 136 valence electrons. The van der Waals surface area contributed by atoms with Crippen molar-refractivity contribution in [2.75, 3.05) is 11.9 Å². The molecule has 2 rings (SSSR count). The van der Waals surface area contributed by atoms with Crippen LogP contribution in [0.5, 0.6) is 0 Å². The Hall–Kier alpha value is -3.42. The lowest BCUT2D eigenvalue weighted by Gasteiger charge is -2.11. The highest BCUT2D eigenvalue weighted by atomic mass is 16.5. The van der Waals surface area contributed by atoms with Crippen molar-refractivity contribution in [3.63, 3.8) is 0 Å². The first-order valence-corrected chi connectivity index (χ1v) is 7.87. The highest BCUT2D eigenvalue weighted by Gasteiger charge is 2.17. The van der Waals surface area contributed by atoms with Crippen LogP contribution in [0.2, 0.25) is 0 Å². The summed E-state index contributed by atoms with van der Waals surface area (Å²) in [5, 5.41) is 8.47. The molecular weight excluding hydrogens is 338 g/mol. The van der Waals surface area contributed by atoms with E-state index >= 15 is 0 Å². The van der Waals surface area contributed by atoms with Gasteiger partial charge in [0.15, 0.2) is 12.4 Å². The van der Waals surface area contributed by atoms with Crippen molar-refractivity contribution in [2.24, 2.45) is 0 Å². The predicted octanol–water partition coefficient (Wildman–Crippen LogP) is 1.68. The Morgan fingerprint density at radius 2 is 2.00 bits per heavy atom. The Balaban J connectivity index is 1.73. The van der Waals surface area contributed by atoms with Crippen molar-refractivity contribution in [1.29, 1.82) is 0 Å². The molecular formula is C18H19N3O5. The average Bonchev–Trinajstić information content (AvgIpc) is 3.03. The second-order valence-corrected chi connectivity index (χ2v) is 5.45. The summed E-state index contributed by atoms with van der Waals surface area (Å²) >= 11 is 0. The molecule has 0 aliphatic heterocycles. The minimum atomic E-state index is -0.898. The van der Waals surface area contributed by atoms with Gasteiger partial charge in [-0.3, -0.25) is 9.59 Å². The normalized spacial score (nSPS) is 11.8. The van der Waals surface area contributed by atoms with Crippen LogP contribution in [0.1, 0.15) is 18.2 Å². The molecule has 0 radical (unpaired) electrons. The predicted molar refractivity (Wildman–Crippen MR) is 93.9 cm³/mol. The van der Waals surface area contributed by atoms with Crippen LogP contribution in [0, 0.1) is 6.92 Å². The molecule has 0 bridgehead atoms. The van der Waals surface area contributed by atoms with Crippen molar-refractivity contribution < 1.29 is 23.6 Å². The lowest BCUT2D eigenvalue weighted by Crippen LogP contribution is -2.39. The fraction of sp³-hybridized carbons (Fsp3) is 0.222. The fourth-order valence-electron chi connectivity index (χ4n) is 1.92. The van der Waals surface area contributed by atoms with Gasteiger partial charge in [0, 0.05) is 12.1 Å². The summed E-state index contributed by atoms with van der Waals surface area (Å²) in [6.45, 7) is 2.65. The molecule has 1 aromatic carbocycles. The summed E-state index contributed by atoms with van der Waals surface area (Å²) < 4.78 is 9.66. The van der Waals surface area contributed by atoms with E-state index in [0.717, 1.165) is 5.56 Å². The van der Waals surface area contributed by atoms with Crippen LogP contribution in [0.25, 0.3) is 6.08 Å². The molecule has 0 aliphatic rings. The van der Waals surface area contributed by atoms with Gasteiger partial charge >= 0.3 is 5.97 Å². The van der Waals surface area contributed by atoms with Crippen LogP contribution < -0.4 is 10.6 Å². The zero-order valence-corrected chi connectivity index (χ0v) is 14.4. The zero-order chi connectivity index (χ0) is 18.9. The number of esters is 1. The second kappa shape index (κ2) is 9.16. The zero-order valence-electron chi connectivity index (χ0n) is 14.4. The maximum Gasteiger partial charge on any atom is 0.328 e.